The van der Waals surface area contributed by atoms with Crippen LogP contribution in [0.2, 0.25) is 0 Å². The molecular weight excluding hydrogens is 324 g/mol. The van der Waals surface area contributed by atoms with E-state index in [-0.39, 0.29) is 12.2 Å². The number of hydrogen-bond acceptors (Lipinski definition) is 4. The van der Waals surface area contributed by atoms with E-state index in [2.05, 4.69) is 30.2 Å². The summed E-state index contributed by atoms with van der Waals surface area (Å²) in [7, 11) is 0. The number of carbonyl (C=O) groups is 1. The molecule has 4 nitrogen and oxygen atoms in total. The van der Waals surface area contributed by atoms with Gasteiger partial charge in [0.15, 0.2) is 0 Å². The van der Waals surface area contributed by atoms with Crippen molar-refractivity contribution in [3.63, 3.8) is 0 Å². The molecule has 0 saturated heterocycles. The summed E-state index contributed by atoms with van der Waals surface area (Å²) in [5, 5.41) is 9.16. The molecule has 0 radical (unpaired) electrons. The van der Waals surface area contributed by atoms with Gasteiger partial charge in [0.1, 0.15) is 11.6 Å². The maximum atomic E-state index is 11.7. The van der Waals surface area contributed by atoms with Gasteiger partial charge in [0.05, 0.1) is 6.61 Å². The first-order valence-corrected chi connectivity index (χ1v) is 9.24. The number of para-hydroxylation sites is 1. The first-order chi connectivity index (χ1) is 12.7. The highest BCUT2D eigenvalue weighted by Gasteiger charge is 2.15. The Kier molecular flexibility index (Phi) is 7.70. The summed E-state index contributed by atoms with van der Waals surface area (Å²) in [6, 6.07) is 10.1. The van der Waals surface area contributed by atoms with Gasteiger partial charge in [0.2, 0.25) is 0 Å². The second-order valence-electron chi connectivity index (χ2n) is 6.12. The third-order valence-corrected chi connectivity index (χ3v) is 4.26. The van der Waals surface area contributed by atoms with Gasteiger partial charge >= 0.3 is 5.97 Å². The van der Waals surface area contributed by atoms with E-state index >= 15 is 0 Å². The Labute approximate surface area is 156 Å². The SMILES string of the molecule is CCCCCCN1C=CC(=CC=C(C#N)C(=O)OCC)c2ccccc21. The quantitative estimate of drug-likeness (QED) is 0.287. The number of nitrogens with zero attached hydrogens (tertiary/aromatic N) is 2. The lowest BCUT2D eigenvalue weighted by molar-refractivity contribution is -0.138. The summed E-state index contributed by atoms with van der Waals surface area (Å²) >= 11 is 0. The maximum absolute atomic E-state index is 11.7. The second kappa shape index (κ2) is 10.2. The molecule has 0 fully saturated rings. The van der Waals surface area contributed by atoms with Crippen molar-refractivity contribution in [1.29, 1.82) is 5.26 Å². The van der Waals surface area contributed by atoms with Crippen LogP contribution in [0, 0.1) is 11.3 Å². The molecular formula is C22H26N2O2. The van der Waals surface area contributed by atoms with Crippen molar-refractivity contribution in [1.82, 2.24) is 0 Å². The van der Waals surface area contributed by atoms with Crippen LogP contribution in [0.5, 0.6) is 0 Å². The van der Waals surface area contributed by atoms with Crippen LogP contribution in [0.25, 0.3) is 5.57 Å². The highest BCUT2D eigenvalue weighted by atomic mass is 16.5. The fraction of sp³-hybridized carbons (Fsp3) is 0.364. The number of nitriles is 1. The zero-order valence-electron chi connectivity index (χ0n) is 15.6. The minimum atomic E-state index is -0.586. The Morgan fingerprint density at radius 2 is 2.04 bits per heavy atom. The Morgan fingerprint density at radius 1 is 1.23 bits per heavy atom. The van der Waals surface area contributed by atoms with Gasteiger partial charge in [-0.3, -0.25) is 0 Å². The lowest BCUT2D eigenvalue weighted by Gasteiger charge is -2.27. The third-order valence-electron chi connectivity index (χ3n) is 4.26. The number of unbranched alkanes of at least 4 members (excludes halogenated alkanes) is 3. The van der Waals surface area contributed by atoms with Crippen molar-refractivity contribution in [2.24, 2.45) is 0 Å². The van der Waals surface area contributed by atoms with Gasteiger partial charge in [-0.05, 0) is 37.1 Å². The van der Waals surface area contributed by atoms with Crippen LogP contribution in [0.1, 0.15) is 45.1 Å². The molecule has 1 aromatic carbocycles. The fourth-order valence-corrected chi connectivity index (χ4v) is 2.89. The number of esters is 1. The van der Waals surface area contributed by atoms with Gasteiger partial charge in [-0.2, -0.15) is 5.26 Å². The average molecular weight is 350 g/mol. The number of carbonyl (C=O) groups excluding carboxylic acids is 1. The molecule has 1 aliphatic rings. The zero-order valence-corrected chi connectivity index (χ0v) is 15.6. The van der Waals surface area contributed by atoms with Crippen LogP contribution in [0.4, 0.5) is 5.69 Å². The molecule has 1 aromatic rings. The number of ether oxygens (including phenoxy) is 1. The van der Waals surface area contributed by atoms with Gasteiger partial charge in [0.25, 0.3) is 0 Å². The van der Waals surface area contributed by atoms with E-state index in [0.29, 0.717) is 0 Å². The molecule has 0 N–H and O–H groups in total. The number of allylic oxidation sites excluding steroid dienone is 4. The van der Waals surface area contributed by atoms with Crippen LogP contribution in [0.3, 0.4) is 0 Å². The van der Waals surface area contributed by atoms with Crippen molar-refractivity contribution in [2.45, 2.75) is 39.5 Å². The van der Waals surface area contributed by atoms with Gasteiger partial charge in [0, 0.05) is 24.0 Å². The standard InChI is InChI=1S/C22H26N2O2/c1-3-5-6-9-15-24-16-14-18(20-10-7-8-11-21(20)24)12-13-19(17-23)22(25)26-4-2/h7-8,10-14,16H,3-6,9,15H2,1-2H3. The molecule has 0 bridgehead atoms. The first kappa shape index (κ1) is 19.5. The average Bonchev–Trinajstić information content (AvgIpc) is 2.67. The fourth-order valence-electron chi connectivity index (χ4n) is 2.89. The summed E-state index contributed by atoms with van der Waals surface area (Å²) < 4.78 is 4.90. The Morgan fingerprint density at radius 3 is 2.77 bits per heavy atom. The van der Waals surface area contributed by atoms with Crippen LogP contribution in [-0.2, 0) is 9.53 Å². The van der Waals surface area contributed by atoms with E-state index in [4.69, 9.17) is 10.00 Å². The summed E-state index contributed by atoms with van der Waals surface area (Å²) in [5.41, 5.74) is 3.23. The Hall–Kier alpha value is -2.80. The van der Waals surface area contributed by atoms with Crippen molar-refractivity contribution in [3.05, 3.63) is 59.8 Å². The number of fused-ring (bicyclic) bond motifs is 1. The monoisotopic (exact) mass is 350 g/mol. The van der Waals surface area contributed by atoms with E-state index in [1.165, 1.54) is 25.3 Å². The molecule has 0 spiro atoms. The molecule has 0 atom stereocenters. The van der Waals surface area contributed by atoms with Crippen molar-refractivity contribution in [3.8, 4) is 6.07 Å². The molecule has 1 heterocycles. The van der Waals surface area contributed by atoms with Crippen LogP contribution < -0.4 is 4.90 Å². The predicted molar refractivity (Wildman–Crippen MR) is 105 cm³/mol. The lowest BCUT2D eigenvalue weighted by atomic mass is 9.98. The Bertz CT molecular complexity index is 754. The maximum Gasteiger partial charge on any atom is 0.348 e. The van der Waals surface area contributed by atoms with E-state index in [1.807, 2.05) is 24.3 Å². The number of benzene rings is 1. The van der Waals surface area contributed by atoms with Crippen LogP contribution >= 0.6 is 0 Å². The molecule has 0 unspecified atom stereocenters. The number of anilines is 1. The van der Waals surface area contributed by atoms with Crippen LogP contribution in [-0.4, -0.2) is 19.1 Å². The molecule has 0 aromatic heterocycles. The molecule has 4 heteroatoms. The highest BCUT2D eigenvalue weighted by Crippen LogP contribution is 2.33. The Balaban J connectivity index is 2.22. The van der Waals surface area contributed by atoms with Crippen LogP contribution in [0.15, 0.2) is 54.3 Å². The number of hydrogen-bond donors (Lipinski definition) is 0. The smallest absolute Gasteiger partial charge is 0.348 e. The number of rotatable bonds is 8. The molecule has 0 aliphatic carbocycles. The largest absolute Gasteiger partial charge is 0.462 e. The second-order valence-corrected chi connectivity index (χ2v) is 6.12. The van der Waals surface area contributed by atoms with Gasteiger partial charge in [-0.25, -0.2) is 4.79 Å². The lowest BCUT2D eigenvalue weighted by Crippen LogP contribution is -2.21. The predicted octanol–water partition coefficient (Wildman–Crippen LogP) is 5.00. The molecule has 136 valence electrons. The first-order valence-electron chi connectivity index (χ1n) is 9.24. The van der Waals surface area contributed by atoms with Crippen molar-refractivity contribution >= 4 is 17.2 Å². The molecule has 1 aliphatic heterocycles. The highest BCUT2D eigenvalue weighted by molar-refractivity contribution is 5.94. The van der Waals surface area contributed by atoms with Gasteiger partial charge < -0.3 is 9.64 Å². The summed E-state index contributed by atoms with van der Waals surface area (Å²) in [6.45, 7) is 5.18. The normalized spacial score (nSPS) is 14.9. The molecule has 0 saturated carbocycles. The minimum absolute atomic E-state index is 0.00669. The molecule has 2 rings (SSSR count). The van der Waals surface area contributed by atoms with Crippen molar-refractivity contribution in [2.75, 3.05) is 18.1 Å². The molecule has 0 amide bonds. The minimum Gasteiger partial charge on any atom is -0.462 e. The van der Waals surface area contributed by atoms with E-state index < -0.39 is 5.97 Å². The topological polar surface area (TPSA) is 53.3 Å². The van der Waals surface area contributed by atoms with Crippen molar-refractivity contribution < 1.29 is 9.53 Å². The summed E-state index contributed by atoms with van der Waals surface area (Å²) in [6.07, 6.45) is 12.3. The zero-order chi connectivity index (χ0) is 18.8. The van der Waals surface area contributed by atoms with E-state index in [0.717, 1.165) is 29.8 Å². The van der Waals surface area contributed by atoms with Gasteiger partial charge in [-0.1, -0.05) is 50.5 Å². The third kappa shape index (κ3) is 5.10. The van der Waals surface area contributed by atoms with E-state index in [1.54, 1.807) is 13.0 Å². The summed E-state index contributed by atoms with van der Waals surface area (Å²) in [5.74, 6) is -0.586. The van der Waals surface area contributed by atoms with Gasteiger partial charge in [-0.15, -0.1) is 0 Å². The summed E-state index contributed by atoms with van der Waals surface area (Å²) in [4.78, 5) is 14.0. The molecule has 26 heavy (non-hydrogen) atoms. The van der Waals surface area contributed by atoms with E-state index in [9.17, 15) is 4.79 Å².